The van der Waals surface area contributed by atoms with Gasteiger partial charge in [-0.15, -0.1) is 0 Å². The van der Waals surface area contributed by atoms with E-state index in [9.17, 15) is 9.59 Å². The molecule has 0 aromatic heterocycles. The highest BCUT2D eigenvalue weighted by molar-refractivity contribution is 5.77. The van der Waals surface area contributed by atoms with Crippen molar-refractivity contribution in [3.05, 3.63) is 0 Å². The van der Waals surface area contributed by atoms with Crippen molar-refractivity contribution in [1.82, 2.24) is 0 Å². The third kappa shape index (κ3) is 6.83. The summed E-state index contributed by atoms with van der Waals surface area (Å²) in [6, 6.07) is 0. The van der Waals surface area contributed by atoms with Crippen molar-refractivity contribution >= 4 is 11.9 Å². The van der Waals surface area contributed by atoms with Gasteiger partial charge in [0, 0.05) is 26.2 Å². The van der Waals surface area contributed by atoms with E-state index in [0.717, 1.165) is 0 Å². The van der Waals surface area contributed by atoms with E-state index in [-0.39, 0.29) is 12.8 Å². The Morgan fingerprint density at radius 2 is 1.45 bits per heavy atom. The lowest BCUT2D eigenvalue weighted by Gasteiger charge is -2.33. The summed E-state index contributed by atoms with van der Waals surface area (Å²) >= 11 is 0. The first-order valence-corrected chi connectivity index (χ1v) is 6.77. The Bertz CT molecular complexity index is 286. The molecule has 0 aromatic rings. The highest BCUT2D eigenvalue weighted by atomic mass is 16.9. The summed E-state index contributed by atoms with van der Waals surface area (Å²) in [4.78, 5) is 21.7. The minimum Gasteiger partial charge on any atom is -0.481 e. The number of carbonyl (C=O) groups is 2. The van der Waals surface area contributed by atoms with Crippen LogP contribution >= 0.6 is 0 Å². The number of aliphatic carboxylic acids is 2. The van der Waals surface area contributed by atoms with Crippen LogP contribution in [0, 0.1) is 5.92 Å². The van der Waals surface area contributed by atoms with E-state index < -0.39 is 30.3 Å². The second-order valence-corrected chi connectivity index (χ2v) is 4.15. The Morgan fingerprint density at radius 1 is 1.00 bits per heavy atom. The topological polar surface area (TPSA) is 102 Å². The standard InChI is InChI=1S/C13H24O7/c1-4-18-13(19-5-2,20-6-3)8-7-10(12(16)17)9-11(14)15/h10H,4-9H2,1-3H3,(H,14,15)(H,16,17). The Kier molecular flexibility index (Phi) is 9.11. The molecule has 0 radical (unpaired) electrons. The molecule has 0 amide bonds. The Labute approximate surface area is 118 Å². The lowest BCUT2D eigenvalue weighted by molar-refractivity contribution is -0.380. The smallest absolute Gasteiger partial charge is 0.307 e. The fourth-order valence-electron chi connectivity index (χ4n) is 1.88. The molecule has 0 saturated heterocycles. The monoisotopic (exact) mass is 292 g/mol. The van der Waals surface area contributed by atoms with Gasteiger partial charge in [0.25, 0.3) is 5.97 Å². The normalized spacial score (nSPS) is 13.2. The molecule has 2 N–H and O–H groups in total. The largest absolute Gasteiger partial charge is 0.481 e. The fourth-order valence-corrected chi connectivity index (χ4v) is 1.88. The van der Waals surface area contributed by atoms with Gasteiger partial charge in [-0.2, -0.15) is 0 Å². The number of ether oxygens (including phenoxy) is 3. The van der Waals surface area contributed by atoms with E-state index in [1.54, 1.807) is 20.8 Å². The van der Waals surface area contributed by atoms with Gasteiger partial charge in [-0.1, -0.05) is 0 Å². The van der Waals surface area contributed by atoms with Gasteiger partial charge < -0.3 is 24.4 Å². The highest BCUT2D eigenvalue weighted by Gasteiger charge is 2.35. The molecule has 0 bridgehead atoms. The third-order valence-electron chi connectivity index (χ3n) is 2.66. The van der Waals surface area contributed by atoms with Crippen molar-refractivity contribution in [2.75, 3.05) is 19.8 Å². The minimum absolute atomic E-state index is 0.0988. The number of hydrogen-bond donors (Lipinski definition) is 2. The molecule has 7 heteroatoms. The molecule has 118 valence electrons. The summed E-state index contributed by atoms with van der Waals surface area (Å²) in [7, 11) is 0. The SMILES string of the molecule is CCOC(CCC(CC(=O)O)C(=O)O)(OCC)OCC. The van der Waals surface area contributed by atoms with E-state index in [1.165, 1.54) is 0 Å². The van der Waals surface area contributed by atoms with Crippen LogP contribution in [0.1, 0.15) is 40.0 Å². The van der Waals surface area contributed by atoms with E-state index in [1.807, 2.05) is 0 Å². The van der Waals surface area contributed by atoms with Crippen LogP contribution in [-0.2, 0) is 23.8 Å². The van der Waals surface area contributed by atoms with Crippen molar-refractivity contribution in [1.29, 1.82) is 0 Å². The molecule has 0 heterocycles. The molecule has 0 rings (SSSR count). The zero-order valence-electron chi connectivity index (χ0n) is 12.3. The molecular formula is C13H24O7. The van der Waals surface area contributed by atoms with Gasteiger partial charge in [-0.3, -0.25) is 9.59 Å². The molecule has 0 aliphatic heterocycles. The molecule has 0 aliphatic rings. The average molecular weight is 292 g/mol. The summed E-state index contributed by atoms with van der Waals surface area (Å²) < 4.78 is 16.4. The maximum absolute atomic E-state index is 11.0. The average Bonchev–Trinajstić information content (AvgIpc) is 2.34. The zero-order valence-corrected chi connectivity index (χ0v) is 12.3. The van der Waals surface area contributed by atoms with Crippen molar-refractivity contribution < 1.29 is 34.0 Å². The maximum Gasteiger partial charge on any atom is 0.307 e. The molecular weight excluding hydrogens is 268 g/mol. The molecule has 0 fully saturated rings. The second kappa shape index (κ2) is 9.68. The summed E-state index contributed by atoms with van der Waals surface area (Å²) in [5.41, 5.74) is 0. The first-order chi connectivity index (χ1) is 9.40. The Balaban J connectivity index is 4.76. The molecule has 0 saturated carbocycles. The molecule has 20 heavy (non-hydrogen) atoms. The number of carboxylic acid groups (broad SMARTS) is 2. The highest BCUT2D eigenvalue weighted by Crippen LogP contribution is 2.26. The van der Waals surface area contributed by atoms with E-state index >= 15 is 0 Å². The van der Waals surface area contributed by atoms with Crippen molar-refractivity contribution in [2.45, 2.75) is 46.0 Å². The van der Waals surface area contributed by atoms with Crippen molar-refractivity contribution in [3.63, 3.8) is 0 Å². The predicted molar refractivity (Wildman–Crippen MR) is 70.2 cm³/mol. The van der Waals surface area contributed by atoms with Crippen LogP contribution in [0.2, 0.25) is 0 Å². The molecule has 0 aliphatic carbocycles. The summed E-state index contributed by atoms with van der Waals surface area (Å²) in [6.07, 6.45) is -0.176. The van der Waals surface area contributed by atoms with Gasteiger partial charge in [0.15, 0.2) is 0 Å². The van der Waals surface area contributed by atoms with Crippen LogP contribution in [0.15, 0.2) is 0 Å². The van der Waals surface area contributed by atoms with Crippen molar-refractivity contribution in [2.24, 2.45) is 5.92 Å². The number of hydrogen-bond acceptors (Lipinski definition) is 5. The summed E-state index contributed by atoms with van der Waals surface area (Å²) in [5, 5.41) is 17.7. The van der Waals surface area contributed by atoms with Crippen LogP contribution in [0.4, 0.5) is 0 Å². The van der Waals surface area contributed by atoms with Gasteiger partial charge in [-0.25, -0.2) is 0 Å². The molecule has 1 atom stereocenters. The van der Waals surface area contributed by atoms with Gasteiger partial charge in [0.2, 0.25) is 0 Å². The lowest BCUT2D eigenvalue weighted by atomic mass is 9.99. The number of rotatable bonds is 12. The van der Waals surface area contributed by atoms with Crippen LogP contribution in [0.5, 0.6) is 0 Å². The second-order valence-electron chi connectivity index (χ2n) is 4.15. The van der Waals surface area contributed by atoms with Crippen molar-refractivity contribution in [3.8, 4) is 0 Å². The third-order valence-corrected chi connectivity index (χ3v) is 2.66. The van der Waals surface area contributed by atoms with E-state index in [0.29, 0.717) is 19.8 Å². The van der Waals surface area contributed by atoms with E-state index in [4.69, 9.17) is 24.4 Å². The first kappa shape index (κ1) is 18.8. The Morgan fingerprint density at radius 3 is 1.75 bits per heavy atom. The van der Waals surface area contributed by atoms with Crippen LogP contribution in [0.25, 0.3) is 0 Å². The summed E-state index contributed by atoms with van der Waals surface area (Å²) in [5.74, 6) is -4.59. The van der Waals surface area contributed by atoms with Crippen LogP contribution < -0.4 is 0 Å². The number of carboxylic acids is 2. The van der Waals surface area contributed by atoms with Gasteiger partial charge in [0.1, 0.15) is 0 Å². The zero-order chi connectivity index (χ0) is 15.6. The summed E-state index contributed by atoms with van der Waals surface area (Å²) in [6.45, 7) is 6.36. The lowest BCUT2D eigenvalue weighted by Crippen LogP contribution is -2.40. The van der Waals surface area contributed by atoms with Gasteiger partial charge in [0.05, 0.1) is 12.3 Å². The molecule has 1 unspecified atom stereocenters. The fraction of sp³-hybridized carbons (Fsp3) is 0.846. The van der Waals surface area contributed by atoms with E-state index in [2.05, 4.69) is 0 Å². The first-order valence-electron chi connectivity index (χ1n) is 6.77. The maximum atomic E-state index is 11.0. The van der Waals surface area contributed by atoms with Gasteiger partial charge >= 0.3 is 11.9 Å². The predicted octanol–water partition coefficient (Wildman–Crippen LogP) is 1.71. The van der Waals surface area contributed by atoms with Crippen LogP contribution in [0.3, 0.4) is 0 Å². The van der Waals surface area contributed by atoms with Gasteiger partial charge in [-0.05, 0) is 27.2 Å². The van der Waals surface area contributed by atoms with Crippen LogP contribution in [-0.4, -0.2) is 47.9 Å². The molecule has 0 aromatic carbocycles. The molecule has 0 spiro atoms. The Hall–Kier alpha value is -1.18. The molecule has 7 nitrogen and oxygen atoms in total. The quantitative estimate of drug-likeness (QED) is 0.528. The minimum atomic E-state index is -1.30.